The number of aromatic amines is 1. The van der Waals surface area contributed by atoms with E-state index in [-0.39, 0.29) is 17.9 Å². The van der Waals surface area contributed by atoms with Crippen molar-refractivity contribution in [2.45, 2.75) is 26.4 Å². The van der Waals surface area contributed by atoms with Crippen LogP contribution in [0.15, 0.2) is 36.7 Å². The van der Waals surface area contributed by atoms with Gasteiger partial charge in [-0.3, -0.25) is 19.4 Å². The summed E-state index contributed by atoms with van der Waals surface area (Å²) in [5.41, 5.74) is 3.51. The van der Waals surface area contributed by atoms with Crippen molar-refractivity contribution in [2.75, 3.05) is 5.32 Å². The Morgan fingerprint density at radius 1 is 1.34 bits per heavy atom. The number of fused-ring (bicyclic) bond motifs is 1. The molecule has 2 aromatic heterocycles. The summed E-state index contributed by atoms with van der Waals surface area (Å²) in [6, 6.07) is 6.56. The molecule has 8 nitrogen and oxygen atoms in total. The number of amides is 1. The van der Waals surface area contributed by atoms with Gasteiger partial charge in [0, 0.05) is 21.4 Å². The third-order valence-corrected chi connectivity index (χ3v) is 4.14. The van der Waals surface area contributed by atoms with Gasteiger partial charge in [0.2, 0.25) is 0 Å². The van der Waals surface area contributed by atoms with Crippen LogP contribution in [0.4, 0.5) is 15.8 Å². The number of hydrogen-bond acceptors (Lipinski definition) is 5. The van der Waals surface area contributed by atoms with Crippen LogP contribution in [0.3, 0.4) is 0 Å². The predicted octanol–water partition coefficient (Wildman–Crippen LogP) is 4.21. The fourth-order valence-electron chi connectivity index (χ4n) is 2.31. The highest BCUT2D eigenvalue weighted by Crippen LogP contribution is 2.31. The first-order valence-corrected chi connectivity index (χ1v) is 9.48. The summed E-state index contributed by atoms with van der Waals surface area (Å²) in [7, 11) is 0. The van der Waals surface area contributed by atoms with Crippen LogP contribution in [0, 0.1) is 9.39 Å². The second-order valence-corrected chi connectivity index (χ2v) is 8.04. The van der Waals surface area contributed by atoms with Crippen molar-refractivity contribution in [3.63, 3.8) is 0 Å². The van der Waals surface area contributed by atoms with Gasteiger partial charge in [0.1, 0.15) is 11.5 Å². The summed E-state index contributed by atoms with van der Waals surface area (Å²) >= 11 is 2.04. The Hall–Kier alpha value is -2.73. The van der Waals surface area contributed by atoms with E-state index >= 15 is 0 Å². The van der Waals surface area contributed by atoms with Gasteiger partial charge in [0.05, 0.1) is 22.5 Å². The van der Waals surface area contributed by atoms with Crippen LogP contribution >= 0.6 is 22.6 Å². The number of carbonyl (C=O) groups is 2. The maximum Gasteiger partial charge on any atom is 0.293 e. The van der Waals surface area contributed by atoms with Crippen molar-refractivity contribution in [3.8, 4) is 0 Å². The van der Waals surface area contributed by atoms with Crippen LogP contribution in [0.25, 0.3) is 10.9 Å². The summed E-state index contributed by atoms with van der Waals surface area (Å²) in [5.74, 6) is -0.878. The minimum absolute atomic E-state index is 0.232. The standard InChI is InChI=1S/C18H18FIN4O2.CH2O2/c1-18(2,3)26-24-17(25)16-15(11-9-21-7-6-13(11)22-16)23-14-5-4-10(20)8-12(14)19;2-1-3/h4-9,22-23H,1-3H3,(H,24,25);1H,(H,2,3). The number of pyridine rings is 1. The number of aromatic nitrogens is 2. The molecule has 3 aromatic rings. The lowest BCUT2D eigenvalue weighted by Gasteiger charge is -2.19. The highest BCUT2D eigenvalue weighted by molar-refractivity contribution is 14.1. The number of hydrogen-bond donors (Lipinski definition) is 4. The third kappa shape index (κ3) is 6.12. The molecule has 0 unspecified atom stereocenters. The molecule has 3 rings (SSSR count). The molecule has 0 saturated carbocycles. The highest BCUT2D eigenvalue weighted by atomic mass is 127. The molecule has 154 valence electrons. The smallest absolute Gasteiger partial charge is 0.293 e. The number of carboxylic acid groups (broad SMARTS) is 1. The Labute approximate surface area is 180 Å². The summed E-state index contributed by atoms with van der Waals surface area (Å²) in [4.78, 5) is 33.4. The van der Waals surface area contributed by atoms with Crippen LogP contribution in [-0.2, 0) is 9.63 Å². The van der Waals surface area contributed by atoms with Crippen LogP contribution in [0.1, 0.15) is 31.3 Å². The normalized spacial score (nSPS) is 10.8. The van der Waals surface area contributed by atoms with E-state index < -0.39 is 17.3 Å². The number of anilines is 2. The number of nitrogens with one attached hydrogen (secondary N) is 3. The van der Waals surface area contributed by atoms with Crippen molar-refractivity contribution < 1.29 is 23.9 Å². The number of benzene rings is 1. The molecular formula is C19H20FIN4O4. The number of carbonyl (C=O) groups excluding carboxylic acids is 1. The lowest BCUT2D eigenvalue weighted by Crippen LogP contribution is -2.34. The van der Waals surface area contributed by atoms with Gasteiger partial charge in [-0.2, -0.15) is 0 Å². The summed E-state index contributed by atoms with van der Waals surface area (Å²) < 4.78 is 15.0. The van der Waals surface area contributed by atoms with Crippen molar-refractivity contribution in [1.29, 1.82) is 0 Å². The fraction of sp³-hybridized carbons (Fsp3) is 0.211. The zero-order chi connectivity index (χ0) is 21.6. The molecule has 0 atom stereocenters. The maximum atomic E-state index is 14.3. The molecule has 0 bridgehead atoms. The Kier molecular flexibility index (Phi) is 7.51. The van der Waals surface area contributed by atoms with E-state index in [2.05, 4.69) is 20.8 Å². The Balaban J connectivity index is 0.000000941. The molecule has 1 amide bonds. The van der Waals surface area contributed by atoms with Crippen molar-refractivity contribution in [3.05, 3.63) is 51.7 Å². The van der Waals surface area contributed by atoms with Crippen molar-refractivity contribution >= 4 is 57.2 Å². The molecule has 4 N–H and O–H groups in total. The second kappa shape index (κ2) is 9.65. The second-order valence-electron chi connectivity index (χ2n) is 6.80. The van der Waals surface area contributed by atoms with E-state index in [0.29, 0.717) is 16.6 Å². The molecule has 0 aliphatic rings. The fourth-order valence-corrected chi connectivity index (χ4v) is 2.76. The Bertz CT molecular complexity index is 1020. The molecule has 10 heteroatoms. The maximum absolute atomic E-state index is 14.3. The Morgan fingerprint density at radius 2 is 2.03 bits per heavy atom. The zero-order valence-electron chi connectivity index (χ0n) is 15.9. The quantitative estimate of drug-likeness (QED) is 0.236. The molecule has 0 radical (unpaired) electrons. The van der Waals surface area contributed by atoms with Gasteiger partial charge in [-0.05, 0) is 67.6 Å². The highest BCUT2D eigenvalue weighted by Gasteiger charge is 2.21. The first-order valence-electron chi connectivity index (χ1n) is 8.40. The minimum atomic E-state index is -0.543. The van der Waals surface area contributed by atoms with Crippen molar-refractivity contribution in [2.24, 2.45) is 0 Å². The largest absolute Gasteiger partial charge is 0.483 e. The van der Waals surface area contributed by atoms with Crippen LogP contribution < -0.4 is 10.8 Å². The summed E-state index contributed by atoms with van der Waals surface area (Å²) in [5, 5.41) is 10.6. The van der Waals surface area contributed by atoms with Gasteiger partial charge < -0.3 is 15.4 Å². The molecule has 0 aliphatic carbocycles. The predicted molar refractivity (Wildman–Crippen MR) is 115 cm³/mol. The lowest BCUT2D eigenvalue weighted by atomic mass is 10.2. The molecular weight excluding hydrogens is 494 g/mol. The monoisotopic (exact) mass is 514 g/mol. The van der Waals surface area contributed by atoms with Gasteiger partial charge in [-0.25, -0.2) is 9.87 Å². The number of rotatable bonds is 4. The minimum Gasteiger partial charge on any atom is -0.483 e. The number of hydroxylamine groups is 1. The molecule has 0 aliphatic heterocycles. The van der Waals surface area contributed by atoms with Gasteiger partial charge in [-0.1, -0.05) is 0 Å². The third-order valence-electron chi connectivity index (χ3n) is 3.47. The van der Waals surface area contributed by atoms with Gasteiger partial charge >= 0.3 is 0 Å². The van der Waals surface area contributed by atoms with E-state index in [4.69, 9.17) is 14.7 Å². The van der Waals surface area contributed by atoms with Crippen LogP contribution in [-0.4, -0.2) is 33.1 Å². The van der Waals surface area contributed by atoms with Gasteiger partial charge in [0.15, 0.2) is 0 Å². The van der Waals surface area contributed by atoms with Crippen LogP contribution in [0.5, 0.6) is 0 Å². The SMILES string of the molecule is CC(C)(C)ONC(=O)c1[nH]c2ccncc2c1Nc1ccc(I)cc1F.O=CO. The van der Waals surface area contributed by atoms with Crippen LogP contribution in [0.2, 0.25) is 0 Å². The first-order chi connectivity index (χ1) is 13.7. The summed E-state index contributed by atoms with van der Waals surface area (Å²) in [6.07, 6.45) is 3.22. The van der Waals surface area contributed by atoms with Gasteiger partial charge in [-0.15, -0.1) is 0 Å². The molecule has 29 heavy (non-hydrogen) atoms. The van der Waals surface area contributed by atoms with Crippen molar-refractivity contribution in [1.82, 2.24) is 15.4 Å². The zero-order valence-corrected chi connectivity index (χ0v) is 18.1. The molecule has 0 spiro atoms. The topological polar surface area (TPSA) is 116 Å². The average Bonchev–Trinajstić information content (AvgIpc) is 3.01. The van der Waals surface area contributed by atoms with E-state index in [9.17, 15) is 9.18 Å². The van der Waals surface area contributed by atoms with E-state index in [1.54, 1.807) is 30.6 Å². The van der Waals surface area contributed by atoms with E-state index in [1.165, 1.54) is 6.07 Å². The molecule has 2 heterocycles. The van der Waals surface area contributed by atoms with E-state index in [1.807, 2.05) is 43.4 Å². The molecule has 1 aromatic carbocycles. The summed E-state index contributed by atoms with van der Waals surface area (Å²) in [6.45, 7) is 5.22. The van der Waals surface area contributed by atoms with Gasteiger partial charge in [0.25, 0.3) is 12.4 Å². The lowest BCUT2D eigenvalue weighted by molar-refractivity contribution is -0.122. The number of nitrogens with zero attached hydrogens (tertiary/aromatic N) is 1. The van der Waals surface area contributed by atoms with E-state index in [0.717, 1.165) is 3.57 Å². The first kappa shape index (κ1) is 22.6. The average molecular weight is 514 g/mol. The molecule has 0 fully saturated rings. The number of H-pyrrole nitrogens is 1. The molecule has 0 saturated heterocycles. The Morgan fingerprint density at radius 3 is 2.66 bits per heavy atom. The number of halogens is 2.